The number of carboxylic acids is 1. The second kappa shape index (κ2) is 9.42. The van der Waals surface area contributed by atoms with Crippen LogP contribution in [-0.2, 0) is 9.53 Å². The van der Waals surface area contributed by atoms with Crippen molar-refractivity contribution in [3.63, 3.8) is 0 Å². The highest BCUT2D eigenvalue weighted by Crippen LogP contribution is 2.18. The average molecular weight is 297 g/mol. The molecule has 3 aliphatic rings. The van der Waals surface area contributed by atoms with Gasteiger partial charge in [0.25, 0.3) is 0 Å². The van der Waals surface area contributed by atoms with Crippen LogP contribution in [0.4, 0.5) is 0 Å². The van der Waals surface area contributed by atoms with Crippen LogP contribution < -0.4 is 10.4 Å². The fraction of sp³-hybridized carbons (Fsp3) is 0.941. The molecule has 1 atom stereocenters. The molecule has 0 aromatic rings. The predicted molar refractivity (Wildman–Crippen MR) is 79.7 cm³/mol. The summed E-state index contributed by atoms with van der Waals surface area (Å²) in [7, 11) is 0. The van der Waals surface area contributed by atoms with E-state index >= 15 is 0 Å². The maximum Gasteiger partial charge on any atom is 0.0969 e. The minimum absolute atomic E-state index is 0.568. The van der Waals surface area contributed by atoms with Crippen molar-refractivity contribution in [2.45, 2.75) is 95.2 Å². The van der Waals surface area contributed by atoms with Gasteiger partial charge < -0.3 is 20.0 Å². The Morgan fingerprint density at radius 2 is 1.33 bits per heavy atom. The number of aliphatic carboxylic acids is 1. The van der Waals surface area contributed by atoms with Crippen LogP contribution in [-0.4, -0.2) is 30.8 Å². The van der Waals surface area contributed by atoms with Crippen LogP contribution in [0.3, 0.4) is 0 Å². The molecular weight excluding hydrogens is 266 g/mol. The molecule has 3 fully saturated rings. The molecule has 4 heteroatoms. The lowest BCUT2D eigenvalue weighted by molar-refractivity contribution is -0.725. The topological polar surface area (TPSA) is 66.0 Å². The Kier molecular flexibility index (Phi) is 7.51. The summed E-state index contributed by atoms with van der Waals surface area (Å²) < 4.78 is 4.75. The van der Waals surface area contributed by atoms with E-state index in [2.05, 4.69) is 5.32 Å². The molecule has 2 saturated carbocycles. The Labute approximate surface area is 128 Å². The zero-order chi connectivity index (χ0) is 14.9. The molecule has 0 amide bonds. The summed E-state index contributed by atoms with van der Waals surface area (Å²) in [5, 5.41) is 12.7. The van der Waals surface area contributed by atoms with E-state index in [-0.39, 0.29) is 0 Å². The first-order valence-corrected chi connectivity index (χ1v) is 8.93. The number of carboxylic acid groups (broad SMARTS) is 1. The summed E-state index contributed by atoms with van der Waals surface area (Å²) in [6.45, 7) is 0.568. The lowest BCUT2D eigenvalue weighted by atomic mass is 9.91. The van der Waals surface area contributed by atoms with Crippen molar-refractivity contribution >= 4 is 5.97 Å². The van der Waals surface area contributed by atoms with E-state index in [1.54, 1.807) is 0 Å². The lowest BCUT2D eigenvalue weighted by Gasteiger charge is -2.27. The van der Waals surface area contributed by atoms with Crippen molar-refractivity contribution in [3.8, 4) is 0 Å². The van der Waals surface area contributed by atoms with Gasteiger partial charge in [-0.15, -0.1) is 0 Å². The van der Waals surface area contributed by atoms with E-state index in [9.17, 15) is 9.90 Å². The zero-order valence-electron chi connectivity index (χ0n) is 13.2. The number of carbonyl (C=O) groups excluding carboxylic acids is 1. The molecule has 1 saturated heterocycles. The molecule has 1 aliphatic heterocycles. The number of carbonyl (C=O) groups is 1. The maximum absolute atomic E-state index is 9.97. The molecule has 1 heterocycles. The Bertz CT molecular complexity index is 274. The highest BCUT2D eigenvalue weighted by Gasteiger charge is 2.22. The molecular formula is C17H31NO3. The summed E-state index contributed by atoms with van der Waals surface area (Å²) in [6, 6.07) is 1.99. The quantitative estimate of drug-likeness (QED) is 0.849. The number of rotatable bonds is 3. The smallest absolute Gasteiger partial charge is 0.0969 e. The molecule has 0 aromatic heterocycles. The first-order chi connectivity index (χ1) is 10.3. The van der Waals surface area contributed by atoms with Crippen molar-refractivity contribution < 1.29 is 20.0 Å². The number of hydrogen-bond acceptors (Lipinski definition) is 3. The monoisotopic (exact) mass is 297 g/mol. The van der Waals surface area contributed by atoms with Crippen molar-refractivity contribution in [2.24, 2.45) is 0 Å². The Hall–Kier alpha value is -0.610. The van der Waals surface area contributed by atoms with Crippen molar-refractivity contribution in [3.05, 3.63) is 0 Å². The zero-order valence-corrected chi connectivity index (χ0v) is 13.2. The summed E-state index contributed by atoms with van der Waals surface area (Å²) in [6.07, 6.45) is 15.8. The normalized spacial score (nSPS) is 27.9. The van der Waals surface area contributed by atoms with Crippen LogP contribution in [0.1, 0.15) is 77.0 Å². The van der Waals surface area contributed by atoms with Gasteiger partial charge in [0.2, 0.25) is 0 Å². The van der Waals surface area contributed by atoms with Crippen LogP contribution >= 0.6 is 0 Å². The minimum atomic E-state index is -1.08. The van der Waals surface area contributed by atoms with Crippen LogP contribution in [0.25, 0.3) is 0 Å². The molecule has 0 unspecified atom stereocenters. The number of ether oxygens (including phenoxy) is 1. The van der Waals surface area contributed by atoms with Crippen molar-refractivity contribution in [1.29, 1.82) is 0 Å². The highest BCUT2D eigenvalue weighted by molar-refractivity contribution is 5.70. The molecule has 4 nitrogen and oxygen atoms in total. The van der Waals surface area contributed by atoms with Gasteiger partial charge in [-0.2, -0.15) is 0 Å². The first kappa shape index (κ1) is 16.8. The molecule has 3 rings (SSSR count). The number of nitrogens with two attached hydrogens (primary N) is 1. The Morgan fingerprint density at radius 1 is 0.810 bits per heavy atom. The Morgan fingerprint density at radius 3 is 1.67 bits per heavy atom. The van der Waals surface area contributed by atoms with Gasteiger partial charge in [-0.05, 0) is 64.2 Å². The fourth-order valence-electron chi connectivity index (χ4n) is 3.80. The van der Waals surface area contributed by atoms with Gasteiger partial charge in [-0.3, -0.25) is 0 Å². The molecule has 21 heavy (non-hydrogen) atoms. The van der Waals surface area contributed by atoms with Gasteiger partial charge >= 0.3 is 0 Å². The molecule has 0 radical (unpaired) electrons. The van der Waals surface area contributed by atoms with E-state index in [0.29, 0.717) is 13.0 Å². The van der Waals surface area contributed by atoms with Gasteiger partial charge in [-0.25, -0.2) is 0 Å². The van der Waals surface area contributed by atoms with Gasteiger partial charge in [0, 0.05) is 6.61 Å². The maximum atomic E-state index is 9.97. The average Bonchev–Trinajstić information content (AvgIpc) is 3.05. The molecule has 2 aliphatic carbocycles. The third-order valence-electron chi connectivity index (χ3n) is 5.04. The van der Waals surface area contributed by atoms with E-state index in [1.807, 2.05) is 0 Å². The Balaban J connectivity index is 0.000000173. The summed E-state index contributed by atoms with van der Waals surface area (Å²) in [4.78, 5) is 9.97. The van der Waals surface area contributed by atoms with E-state index in [0.717, 1.165) is 18.5 Å². The standard InChI is InChI=1S/C12H23N.C5H8O3/c1-3-7-11(8-4-1)13-12-9-5-2-6-10-12;6-5(7)4-2-1-3-8-4/h11-13H,1-10H2;4H,1-3H2,(H,6,7)/t;4-/m.1/s1. The second-order valence-electron chi connectivity index (χ2n) is 6.81. The molecule has 0 aromatic carbocycles. The second-order valence-corrected chi connectivity index (χ2v) is 6.81. The minimum Gasteiger partial charge on any atom is -0.547 e. The molecule has 2 N–H and O–H groups in total. The predicted octanol–water partition coefficient (Wildman–Crippen LogP) is 1.13. The first-order valence-electron chi connectivity index (χ1n) is 8.93. The summed E-state index contributed by atoms with van der Waals surface area (Å²) >= 11 is 0. The van der Waals surface area contributed by atoms with Crippen LogP contribution in [0.15, 0.2) is 0 Å². The summed E-state index contributed by atoms with van der Waals surface area (Å²) in [5.74, 6) is -1.08. The number of quaternary nitrogens is 1. The van der Waals surface area contributed by atoms with Crippen LogP contribution in [0.5, 0.6) is 0 Å². The van der Waals surface area contributed by atoms with Crippen LogP contribution in [0, 0.1) is 0 Å². The van der Waals surface area contributed by atoms with Crippen molar-refractivity contribution in [1.82, 2.24) is 0 Å². The molecule has 0 bridgehead atoms. The largest absolute Gasteiger partial charge is 0.547 e. The summed E-state index contributed by atoms with van der Waals surface area (Å²) in [5.41, 5.74) is 0. The van der Waals surface area contributed by atoms with Crippen LogP contribution in [0.2, 0.25) is 0 Å². The SMILES string of the molecule is C1CCC([NH2+]C2CCCCC2)CC1.O=C([O-])[C@H]1CCCO1. The lowest BCUT2D eigenvalue weighted by Crippen LogP contribution is -2.95. The van der Waals surface area contributed by atoms with Gasteiger partial charge in [0.15, 0.2) is 0 Å². The van der Waals surface area contributed by atoms with E-state index in [1.165, 1.54) is 64.2 Å². The highest BCUT2D eigenvalue weighted by atomic mass is 16.5. The third-order valence-corrected chi connectivity index (χ3v) is 5.04. The third kappa shape index (κ3) is 6.35. The van der Waals surface area contributed by atoms with Crippen molar-refractivity contribution in [2.75, 3.05) is 6.61 Å². The van der Waals surface area contributed by atoms with Gasteiger partial charge in [0.1, 0.15) is 0 Å². The number of hydrogen-bond donors (Lipinski definition) is 1. The molecule has 0 spiro atoms. The van der Waals surface area contributed by atoms with E-state index in [4.69, 9.17) is 4.74 Å². The van der Waals surface area contributed by atoms with E-state index < -0.39 is 12.1 Å². The van der Waals surface area contributed by atoms with Gasteiger partial charge in [0.05, 0.1) is 24.2 Å². The molecule has 122 valence electrons. The fourth-order valence-corrected chi connectivity index (χ4v) is 3.80. The van der Waals surface area contributed by atoms with Gasteiger partial charge in [-0.1, -0.05) is 12.8 Å².